The number of benzene rings is 3. The number of ether oxygens (including phenoxy) is 2. The molecule has 26 heavy (non-hydrogen) atoms. The first-order chi connectivity index (χ1) is 12.6. The Labute approximate surface area is 152 Å². The van der Waals surface area contributed by atoms with Gasteiger partial charge in [-0.15, -0.1) is 0 Å². The van der Waals surface area contributed by atoms with Crippen LogP contribution in [0.3, 0.4) is 0 Å². The molecular formula is C22H20O4. The molecule has 4 heteroatoms. The minimum atomic E-state index is -0.861. The van der Waals surface area contributed by atoms with Crippen molar-refractivity contribution in [2.24, 2.45) is 0 Å². The van der Waals surface area contributed by atoms with E-state index in [1.165, 1.54) is 0 Å². The first kappa shape index (κ1) is 17.5. The number of carboxylic acids is 1. The number of rotatable bonds is 7. The molecule has 0 aliphatic carbocycles. The highest BCUT2D eigenvalue weighted by Gasteiger charge is 2.05. The zero-order valence-electron chi connectivity index (χ0n) is 14.5. The van der Waals surface area contributed by atoms with Crippen LogP contribution in [0.1, 0.15) is 12.5 Å². The molecule has 0 saturated carbocycles. The summed E-state index contributed by atoms with van der Waals surface area (Å²) in [6, 6.07) is 22.8. The molecule has 0 amide bonds. The van der Waals surface area contributed by atoms with Gasteiger partial charge in [-0.05, 0) is 60.0 Å². The van der Waals surface area contributed by atoms with E-state index in [4.69, 9.17) is 14.6 Å². The topological polar surface area (TPSA) is 55.8 Å². The summed E-state index contributed by atoms with van der Waals surface area (Å²) in [5.41, 5.74) is 2.81. The van der Waals surface area contributed by atoms with Gasteiger partial charge < -0.3 is 14.6 Å². The monoisotopic (exact) mass is 348 g/mol. The van der Waals surface area contributed by atoms with Gasteiger partial charge in [-0.2, -0.15) is 0 Å². The lowest BCUT2D eigenvalue weighted by atomic mass is 10.1. The van der Waals surface area contributed by atoms with Crippen molar-refractivity contribution in [3.63, 3.8) is 0 Å². The van der Waals surface area contributed by atoms with Crippen LogP contribution < -0.4 is 9.47 Å². The van der Waals surface area contributed by atoms with Crippen LogP contribution in [0.2, 0.25) is 0 Å². The van der Waals surface area contributed by atoms with Gasteiger partial charge in [0.05, 0.1) is 13.0 Å². The third-order valence-electron chi connectivity index (χ3n) is 3.82. The largest absolute Gasteiger partial charge is 0.494 e. The Hall–Kier alpha value is -3.27. The molecule has 3 rings (SSSR count). The maximum absolute atomic E-state index is 10.9. The Balaban J connectivity index is 1.78. The highest BCUT2D eigenvalue weighted by Crippen LogP contribution is 2.29. The van der Waals surface area contributed by atoms with Gasteiger partial charge >= 0.3 is 5.97 Å². The molecule has 0 saturated heterocycles. The number of hydrogen-bond acceptors (Lipinski definition) is 3. The zero-order valence-corrected chi connectivity index (χ0v) is 14.5. The minimum absolute atomic E-state index is 0.0244. The second-order valence-corrected chi connectivity index (χ2v) is 5.81. The Morgan fingerprint density at radius 3 is 2.23 bits per heavy atom. The molecule has 0 spiro atoms. The summed E-state index contributed by atoms with van der Waals surface area (Å²) in [5.74, 6) is 1.30. The Kier molecular flexibility index (Phi) is 5.54. The summed E-state index contributed by atoms with van der Waals surface area (Å²) in [6.45, 7) is 2.60. The van der Waals surface area contributed by atoms with Crippen molar-refractivity contribution in [1.82, 2.24) is 0 Å². The van der Waals surface area contributed by atoms with E-state index >= 15 is 0 Å². The molecule has 0 heterocycles. The first-order valence-corrected chi connectivity index (χ1v) is 8.46. The molecule has 3 aromatic carbocycles. The number of carbonyl (C=O) groups is 1. The van der Waals surface area contributed by atoms with Crippen molar-refractivity contribution in [2.45, 2.75) is 13.3 Å². The maximum atomic E-state index is 10.9. The fourth-order valence-electron chi connectivity index (χ4n) is 2.68. The second-order valence-electron chi connectivity index (χ2n) is 5.81. The van der Waals surface area contributed by atoms with Crippen molar-refractivity contribution in [1.29, 1.82) is 0 Å². The van der Waals surface area contributed by atoms with E-state index in [9.17, 15) is 4.79 Å². The van der Waals surface area contributed by atoms with E-state index in [2.05, 4.69) is 0 Å². The highest BCUT2D eigenvalue weighted by atomic mass is 16.5. The third kappa shape index (κ3) is 4.63. The summed E-state index contributed by atoms with van der Waals surface area (Å²) < 4.78 is 11.4. The minimum Gasteiger partial charge on any atom is -0.494 e. The van der Waals surface area contributed by atoms with Crippen LogP contribution in [0.4, 0.5) is 0 Å². The molecule has 0 bridgehead atoms. The Morgan fingerprint density at radius 2 is 1.54 bits per heavy atom. The van der Waals surface area contributed by atoms with Crippen LogP contribution in [-0.2, 0) is 11.2 Å². The maximum Gasteiger partial charge on any atom is 0.307 e. The van der Waals surface area contributed by atoms with Gasteiger partial charge in [-0.1, -0.05) is 36.4 Å². The van der Waals surface area contributed by atoms with E-state index in [0.717, 1.165) is 16.9 Å². The van der Waals surface area contributed by atoms with Crippen molar-refractivity contribution in [3.8, 4) is 28.4 Å². The fraction of sp³-hybridized carbons (Fsp3) is 0.136. The van der Waals surface area contributed by atoms with Crippen molar-refractivity contribution in [3.05, 3.63) is 78.4 Å². The van der Waals surface area contributed by atoms with Gasteiger partial charge in [0.25, 0.3) is 0 Å². The zero-order chi connectivity index (χ0) is 18.4. The molecule has 0 radical (unpaired) electrons. The summed E-state index contributed by atoms with van der Waals surface area (Å²) in [5, 5.41) is 8.91. The molecule has 1 N–H and O–H groups in total. The predicted molar refractivity (Wildman–Crippen MR) is 101 cm³/mol. The molecule has 0 aliphatic rings. The normalized spacial score (nSPS) is 10.3. The van der Waals surface area contributed by atoms with Crippen LogP contribution >= 0.6 is 0 Å². The molecule has 3 aromatic rings. The quantitative estimate of drug-likeness (QED) is 0.640. The lowest BCUT2D eigenvalue weighted by molar-refractivity contribution is -0.136. The van der Waals surface area contributed by atoms with E-state index < -0.39 is 5.97 Å². The molecule has 4 nitrogen and oxygen atoms in total. The van der Waals surface area contributed by atoms with Gasteiger partial charge in [-0.25, -0.2) is 0 Å². The third-order valence-corrected chi connectivity index (χ3v) is 3.82. The number of carboxylic acid groups (broad SMARTS) is 1. The lowest BCUT2D eigenvalue weighted by Crippen LogP contribution is -1.99. The average molecular weight is 348 g/mol. The average Bonchev–Trinajstić information content (AvgIpc) is 2.63. The van der Waals surface area contributed by atoms with Crippen LogP contribution in [0, 0.1) is 0 Å². The molecule has 132 valence electrons. The van der Waals surface area contributed by atoms with Crippen LogP contribution in [0.5, 0.6) is 17.2 Å². The van der Waals surface area contributed by atoms with Gasteiger partial charge in [-0.3, -0.25) is 4.79 Å². The summed E-state index contributed by atoms with van der Waals surface area (Å²) in [6.07, 6.45) is -0.0244. The summed E-state index contributed by atoms with van der Waals surface area (Å²) in [4.78, 5) is 10.9. The Morgan fingerprint density at radius 1 is 0.846 bits per heavy atom. The molecule has 0 aliphatic heterocycles. The van der Waals surface area contributed by atoms with Crippen molar-refractivity contribution in [2.75, 3.05) is 6.61 Å². The number of hydrogen-bond donors (Lipinski definition) is 1. The molecule has 0 aromatic heterocycles. The SMILES string of the molecule is CCOc1ccc(-c2cccc(Oc3cccc(CC(=O)O)c3)c2)cc1. The second kappa shape index (κ2) is 8.21. The van der Waals surface area contributed by atoms with Crippen LogP contribution in [0.15, 0.2) is 72.8 Å². The van der Waals surface area contributed by atoms with Crippen LogP contribution in [-0.4, -0.2) is 17.7 Å². The molecule has 0 fully saturated rings. The van der Waals surface area contributed by atoms with Crippen molar-refractivity contribution >= 4 is 5.97 Å². The Bertz CT molecular complexity index is 885. The first-order valence-electron chi connectivity index (χ1n) is 8.46. The van der Waals surface area contributed by atoms with E-state index in [1.54, 1.807) is 18.2 Å². The van der Waals surface area contributed by atoms with Gasteiger partial charge in [0, 0.05) is 0 Å². The predicted octanol–water partition coefficient (Wildman–Crippen LogP) is 5.17. The van der Waals surface area contributed by atoms with Gasteiger partial charge in [0.2, 0.25) is 0 Å². The fourth-order valence-corrected chi connectivity index (χ4v) is 2.68. The lowest BCUT2D eigenvalue weighted by Gasteiger charge is -2.10. The number of aliphatic carboxylic acids is 1. The molecule has 0 unspecified atom stereocenters. The summed E-state index contributed by atoms with van der Waals surface area (Å²) in [7, 11) is 0. The van der Waals surface area contributed by atoms with E-state index in [1.807, 2.05) is 61.5 Å². The summed E-state index contributed by atoms with van der Waals surface area (Å²) >= 11 is 0. The van der Waals surface area contributed by atoms with Crippen LogP contribution in [0.25, 0.3) is 11.1 Å². The van der Waals surface area contributed by atoms with Crippen molar-refractivity contribution < 1.29 is 19.4 Å². The van der Waals surface area contributed by atoms with E-state index in [0.29, 0.717) is 23.7 Å². The standard InChI is InChI=1S/C22H20O4/c1-2-25-19-11-9-17(10-12-19)18-6-4-8-21(15-18)26-20-7-3-5-16(13-20)14-22(23)24/h3-13,15H,2,14H2,1H3,(H,23,24). The van der Waals surface area contributed by atoms with Gasteiger partial charge in [0.15, 0.2) is 0 Å². The van der Waals surface area contributed by atoms with E-state index in [-0.39, 0.29) is 6.42 Å². The molecule has 0 atom stereocenters. The van der Waals surface area contributed by atoms with Gasteiger partial charge in [0.1, 0.15) is 17.2 Å². The molecular weight excluding hydrogens is 328 g/mol. The highest BCUT2D eigenvalue weighted by molar-refractivity contribution is 5.70. The smallest absolute Gasteiger partial charge is 0.307 e.